The number of hydrogen-bond acceptors (Lipinski definition) is 4. The summed E-state index contributed by atoms with van der Waals surface area (Å²) in [5, 5.41) is 21.0. The number of hydrogen-bond donors (Lipinski definition) is 2. The molecule has 2 N–H and O–H groups in total. The van der Waals surface area contributed by atoms with Crippen molar-refractivity contribution in [2.45, 2.75) is 44.6 Å². The third-order valence-electron chi connectivity index (χ3n) is 4.51. The number of nitriles is 1. The molecule has 2 amide bonds. The van der Waals surface area contributed by atoms with Crippen LogP contribution in [0.1, 0.15) is 48.9 Å². The highest BCUT2D eigenvalue weighted by atomic mass is 16.3. The molecule has 6 nitrogen and oxygen atoms in total. The van der Waals surface area contributed by atoms with Crippen molar-refractivity contribution in [1.82, 2.24) is 10.2 Å². The second-order valence-electron chi connectivity index (χ2n) is 6.31. The number of aromatic hydroxyl groups is 1. The minimum absolute atomic E-state index is 0.0746. The van der Waals surface area contributed by atoms with Gasteiger partial charge in [0.25, 0.3) is 11.8 Å². The minimum Gasteiger partial charge on any atom is -0.508 e. The molecule has 1 aliphatic rings. The maximum absolute atomic E-state index is 12.4. The lowest BCUT2D eigenvalue weighted by atomic mass is 9.84. The zero-order valence-electron chi connectivity index (χ0n) is 13.9. The van der Waals surface area contributed by atoms with Crippen LogP contribution in [0.5, 0.6) is 5.75 Å². The Bertz CT molecular complexity index is 615. The van der Waals surface area contributed by atoms with Crippen LogP contribution >= 0.6 is 0 Å². The molecule has 0 radical (unpaired) electrons. The zero-order chi connectivity index (χ0) is 17.5. The van der Waals surface area contributed by atoms with Crippen LogP contribution in [0, 0.1) is 17.4 Å². The summed E-state index contributed by atoms with van der Waals surface area (Å²) >= 11 is 0. The van der Waals surface area contributed by atoms with Crippen molar-refractivity contribution in [3.05, 3.63) is 29.8 Å². The van der Waals surface area contributed by atoms with Crippen LogP contribution in [-0.4, -0.2) is 34.9 Å². The summed E-state index contributed by atoms with van der Waals surface area (Å²) in [5.41, 5.74) is 0.369. The fraction of sp³-hybridized carbons (Fsp3) is 0.500. The van der Waals surface area contributed by atoms with Gasteiger partial charge in [0.15, 0.2) is 6.19 Å². The first-order chi connectivity index (χ1) is 11.5. The molecule has 1 aromatic carbocycles. The SMILES string of the molecule is CN(C#N)C(=O)[C@H](CC1CCCCC1)NC(=O)c1ccc(O)cc1. The number of benzene rings is 1. The Morgan fingerprint density at radius 1 is 1.29 bits per heavy atom. The summed E-state index contributed by atoms with van der Waals surface area (Å²) in [4.78, 5) is 25.8. The zero-order valence-corrected chi connectivity index (χ0v) is 13.9. The van der Waals surface area contributed by atoms with Crippen LogP contribution in [0.3, 0.4) is 0 Å². The van der Waals surface area contributed by atoms with Crippen LogP contribution in [0.4, 0.5) is 0 Å². The molecular weight excluding hydrogens is 306 g/mol. The molecule has 0 spiro atoms. The maximum Gasteiger partial charge on any atom is 0.257 e. The largest absolute Gasteiger partial charge is 0.508 e. The first kappa shape index (κ1) is 17.8. The van der Waals surface area contributed by atoms with Gasteiger partial charge in [-0.2, -0.15) is 5.26 Å². The van der Waals surface area contributed by atoms with Gasteiger partial charge in [-0.05, 0) is 36.6 Å². The number of likely N-dealkylation sites (N-methyl/N-ethyl adjacent to an activating group) is 1. The second-order valence-corrected chi connectivity index (χ2v) is 6.31. The third kappa shape index (κ3) is 4.72. The lowest BCUT2D eigenvalue weighted by Crippen LogP contribution is -2.47. The summed E-state index contributed by atoms with van der Waals surface area (Å²) in [5.74, 6) is -0.309. The highest BCUT2D eigenvalue weighted by molar-refractivity contribution is 5.97. The van der Waals surface area contributed by atoms with E-state index in [2.05, 4.69) is 5.32 Å². The van der Waals surface area contributed by atoms with Gasteiger partial charge in [-0.1, -0.05) is 32.1 Å². The van der Waals surface area contributed by atoms with E-state index in [9.17, 15) is 14.7 Å². The van der Waals surface area contributed by atoms with Crippen LogP contribution in [0.15, 0.2) is 24.3 Å². The molecule has 1 aromatic rings. The Balaban J connectivity index is 2.09. The molecule has 1 aliphatic carbocycles. The standard InChI is InChI=1S/C18H23N3O3/c1-21(12-19)18(24)16(11-13-5-3-2-4-6-13)20-17(23)14-7-9-15(22)10-8-14/h7-10,13,16,22H,2-6,11H2,1H3,(H,20,23)/t16-/m0/s1. The molecule has 1 atom stereocenters. The molecule has 0 aliphatic heterocycles. The molecule has 1 fully saturated rings. The molecular formula is C18H23N3O3. The van der Waals surface area contributed by atoms with E-state index in [1.165, 1.54) is 37.7 Å². The van der Waals surface area contributed by atoms with Crippen LogP contribution < -0.4 is 5.32 Å². The number of nitrogens with one attached hydrogen (secondary N) is 1. The molecule has 0 saturated heterocycles. The summed E-state index contributed by atoms with van der Waals surface area (Å²) in [6, 6.07) is 5.14. The summed E-state index contributed by atoms with van der Waals surface area (Å²) in [6.07, 6.45) is 7.96. The van der Waals surface area contributed by atoms with Gasteiger partial charge < -0.3 is 10.4 Å². The molecule has 0 bridgehead atoms. The van der Waals surface area contributed by atoms with E-state index in [4.69, 9.17) is 5.26 Å². The molecule has 128 valence electrons. The van der Waals surface area contributed by atoms with Crippen LogP contribution in [0.2, 0.25) is 0 Å². The maximum atomic E-state index is 12.4. The molecule has 2 rings (SSSR count). The topological polar surface area (TPSA) is 93.4 Å². The fourth-order valence-corrected chi connectivity index (χ4v) is 3.12. The first-order valence-corrected chi connectivity index (χ1v) is 8.28. The van der Waals surface area contributed by atoms with Gasteiger partial charge in [0.05, 0.1) is 0 Å². The van der Waals surface area contributed by atoms with Gasteiger partial charge in [0.2, 0.25) is 0 Å². The lowest BCUT2D eigenvalue weighted by Gasteiger charge is -2.27. The highest BCUT2D eigenvalue weighted by Crippen LogP contribution is 2.27. The Morgan fingerprint density at radius 2 is 1.92 bits per heavy atom. The predicted octanol–water partition coefficient (Wildman–Crippen LogP) is 2.40. The molecule has 0 aromatic heterocycles. The average Bonchev–Trinajstić information content (AvgIpc) is 2.61. The van der Waals surface area contributed by atoms with Gasteiger partial charge in [0.1, 0.15) is 11.8 Å². The monoisotopic (exact) mass is 329 g/mol. The van der Waals surface area contributed by atoms with Gasteiger partial charge in [-0.3, -0.25) is 14.5 Å². The Labute approximate surface area is 142 Å². The van der Waals surface area contributed by atoms with Crippen LogP contribution in [-0.2, 0) is 4.79 Å². The van der Waals surface area contributed by atoms with Crippen molar-refractivity contribution < 1.29 is 14.7 Å². The van der Waals surface area contributed by atoms with E-state index in [0.29, 0.717) is 17.9 Å². The second kappa shape index (κ2) is 8.34. The predicted molar refractivity (Wildman–Crippen MR) is 88.9 cm³/mol. The van der Waals surface area contributed by atoms with Crippen LogP contribution in [0.25, 0.3) is 0 Å². The van der Waals surface area contributed by atoms with Crippen molar-refractivity contribution in [3.8, 4) is 11.9 Å². The van der Waals surface area contributed by atoms with E-state index in [1.54, 1.807) is 6.19 Å². The van der Waals surface area contributed by atoms with Crippen molar-refractivity contribution in [2.75, 3.05) is 7.05 Å². The van der Waals surface area contributed by atoms with Gasteiger partial charge in [-0.25, -0.2) is 0 Å². The molecule has 1 saturated carbocycles. The Morgan fingerprint density at radius 3 is 2.50 bits per heavy atom. The average molecular weight is 329 g/mol. The van der Waals surface area contributed by atoms with E-state index >= 15 is 0 Å². The van der Waals surface area contributed by atoms with Crippen molar-refractivity contribution in [1.29, 1.82) is 5.26 Å². The summed E-state index contributed by atoms with van der Waals surface area (Å²) in [6.45, 7) is 0. The van der Waals surface area contributed by atoms with E-state index in [1.807, 2.05) is 0 Å². The molecule has 6 heteroatoms. The number of carbonyl (C=O) groups excluding carboxylic acids is 2. The van der Waals surface area contributed by atoms with E-state index in [0.717, 1.165) is 30.6 Å². The minimum atomic E-state index is -0.709. The van der Waals surface area contributed by atoms with Crippen molar-refractivity contribution >= 4 is 11.8 Å². The molecule has 24 heavy (non-hydrogen) atoms. The van der Waals surface area contributed by atoms with Crippen molar-refractivity contribution in [3.63, 3.8) is 0 Å². The van der Waals surface area contributed by atoms with E-state index in [-0.39, 0.29) is 11.7 Å². The Kier molecular flexibility index (Phi) is 6.19. The Hall–Kier alpha value is -2.55. The third-order valence-corrected chi connectivity index (χ3v) is 4.51. The number of rotatable bonds is 5. The quantitative estimate of drug-likeness (QED) is 0.641. The van der Waals surface area contributed by atoms with Gasteiger partial charge >= 0.3 is 0 Å². The highest BCUT2D eigenvalue weighted by Gasteiger charge is 2.28. The number of nitrogens with zero attached hydrogens (tertiary/aromatic N) is 2. The lowest BCUT2D eigenvalue weighted by molar-refractivity contribution is -0.129. The smallest absolute Gasteiger partial charge is 0.257 e. The first-order valence-electron chi connectivity index (χ1n) is 8.28. The number of carbonyl (C=O) groups is 2. The van der Waals surface area contributed by atoms with E-state index < -0.39 is 11.9 Å². The summed E-state index contributed by atoms with van der Waals surface area (Å²) < 4.78 is 0. The van der Waals surface area contributed by atoms with Crippen molar-refractivity contribution in [2.24, 2.45) is 5.92 Å². The summed E-state index contributed by atoms with van der Waals surface area (Å²) in [7, 11) is 1.41. The number of phenols is 1. The van der Waals surface area contributed by atoms with Gasteiger partial charge in [-0.15, -0.1) is 0 Å². The van der Waals surface area contributed by atoms with Gasteiger partial charge in [0, 0.05) is 12.6 Å². The molecule has 0 heterocycles. The number of amides is 2. The fourth-order valence-electron chi connectivity index (χ4n) is 3.12. The normalized spacial score (nSPS) is 16.0. The molecule has 0 unspecified atom stereocenters. The number of phenolic OH excluding ortho intramolecular Hbond substituents is 1.